The van der Waals surface area contributed by atoms with E-state index in [0.717, 1.165) is 25.2 Å². The summed E-state index contributed by atoms with van der Waals surface area (Å²) >= 11 is 5.97. The molecule has 0 bridgehead atoms. The van der Waals surface area contributed by atoms with Crippen molar-refractivity contribution in [2.45, 2.75) is 6.04 Å². The maximum atomic E-state index is 5.97. The zero-order valence-electron chi connectivity index (χ0n) is 11.0. The minimum atomic E-state index is 0. The van der Waals surface area contributed by atoms with Crippen LogP contribution in [0.25, 0.3) is 11.5 Å². The highest BCUT2D eigenvalue weighted by Gasteiger charge is 2.25. The number of nitrogens with zero attached hydrogens (tertiary/aromatic N) is 3. The summed E-state index contributed by atoms with van der Waals surface area (Å²) in [6.07, 6.45) is 0. The van der Waals surface area contributed by atoms with E-state index in [2.05, 4.69) is 27.4 Å². The molecule has 20 heavy (non-hydrogen) atoms. The highest BCUT2D eigenvalue weighted by Crippen LogP contribution is 2.24. The second-order valence-electron chi connectivity index (χ2n) is 4.67. The van der Waals surface area contributed by atoms with E-state index in [4.69, 9.17) is 16.1 Å². The normalized spacial score (nSPS) is 19.6. The van der Waals surface area contributed by atoms with Gasteiger partial charge in [-0.05, 0) is 25.2 Å². The van der Waals surface area contributed by atoms with Gasteiger partial charge in [0.15, 0.2) is 5.82 Å². The highest BCUT2D eigenvalue weighted by molar-refractivity contribution is 6.30. The first-order valence-electron chi connectivity index (χ1n) is 6.24. The monoisotopic (exact) mass is 314 g/mol. The van der Waals surface area contributed by atoms with Gasteiger partial charge in [0.1, 0.15) is 0 Å². The summed E-state index contributed by atoms with van der Waals surface area (Å²) in [6, 6.07) is 7.58. The largest absolute Gasteiger partial charge is 0.334 e. The molecule has 5 nitrogen and oxygen atoms in total. The van der Waals surface area contributed by atoms with Crippen molar-refractivity contribution in [1.29, 1.82) is 0 Å². The number of piperazine rings is 1. The molecule has 108 valence electrons. The Labute approximate surface area is 128 Å². The van der Waals surface area contributed by atoms with Crippen molar-refractivity contribution < 1.29 is 4.52 Å². The molecule has 1 saturated heterocycles. The number of likely N-dealkylation sites (N-methyl/N-ethyl adjacent to an activating group) is 1. The molecule has 1 aromatic heterocycles. The van der Waals surface area contributed by atoms with Crippen LogP contribution in [0.15, 0.2) is 28.8 Å². The Bertz CT molecular complexity index is 575. The van der Waals surface area contributed by atoms with Gasteiger partial charge in [0.25, 0.3) is 5.89 Å². The van der Waals surface area contributed by atoms with E-state index < -0.39 is 0 Å². The Morgan fingerprint density at radius 1 is 1.45 bits per heavy atom. The third kappa shape index (κ3) is 3.12. The second-order valence-corrected chi connectivity index (χ2v) is 5.11. The lowest BCUT2D eigenvalue weighted by Crippen LogP contribution is -2.44. The molecule has 0 aliphatic carbocycles. The van der Waals surface area contributed by atoms with E-state index >= 15 is 0 Å². The zero-order valence-corrected chi connectivity index (χ0v) is 12.6. The summed E-state index contributed by atoms with van der Waals surface area (Å²) in [5.41, 5.74) is 0.845. The summed E-state index contributed by atoms with van der Waals surface area (Å²) in [5.74, 6) is 1.22. The molecule has 7 heteroatoms. The maximum absolute atomic E-state index is 5.97. The Kier molecular flexibility index (Phi) is 4.99. The van der Waals surface area contributed by atoms with E-state index in [-0.39, 0.29) is 18.4 Å². The van der Waals surface area contributed by atoms with Crippen LogP contribution in [0.4, 0.5) is 0 Å². The maximum Gasteiger partial charge on any atom is 0.258 e. The minimum absolute atomic E-state index is 0. The first kappa shape index (κ1) is 15.3. The fourth-order valence-electron chi connectivity index (χ4n) is 2.20. The summed E-state index contributed by atoms with van der Waals surface area (Å²) in [7, 11) is 2.07. The van der Waals surface area contributed by atoms with Gasteiger partial charge in [0.2, 0.25) is 0 Å². The molecule has 1 N–H and O–H groups in total. The molecule has 3 rings (SSSR count). The van der Waals surface area contributed by atoms with Gasteiger partial charge >= 0.3 is 0 Å². The molecule has 1 atom stereocenters. The molecule has 2 heterocycles. The third-order valence-corrected chi connectivity index (χ3v) is 3.56. The molecular weight excluding hydrogens is 299 g/mol. The van der Waals surface area contributed by atoms with E-state index in [0.29, 0.717) is 16.7 Å². The van der Waals surface area contributed by atoms with Crippen molar-refractivity contribution in [3.05, 3.63) is 35.1 Å². The SMILES string of the molecule is CN1CCNCC1c1noc(-c2cccc(Cl)c2)n1.Cl. The van der Waals surface area contributed by atoms with Crippen molar-refractivity contribution in [2.75, 3.05) is 26.7 Å². The van der Waals surface area contributed by atoms with E-state index in [1.54, 1.807) is 0 Å². The number of hydrogen-bond donors (Lipinski definition) is 1. The Hall–Kier alpha value is -1.14. The van der Waals surface area contributed by atoms with Gasteiger partial charge in [0, 0.05) is 30.2 Å². The highest BCUT2D eigenvalue weighted by atomic mass is 35.5. The zero-order chi connectivity index (χ0) is 13.2. The van der Waals surface area contributed by atoms with Gasteiger partial charge in [-0.1, -0.05) is 22.8 Å². The van der Waals surface area contributed by atoms with Crippen molar-refractivity contribution >= 4 is 24.0 Å². The average Bonchev–Trinajstić information content (AvgIpc) is 2.89. The Morgan fingerprint density at radius 3 is 3.05 bits per heavy atom. The minimum Gasteiger partial charge on any atom is -0.334 e. The Morgan fingerprint density at radius 2 is 2.30 bits per heavy atom. The molecule has 1 unspecified atom stereocenters. The molecule has 1 fully saturated rings. The van der Waals surface area contributed by atoms with Crippen LogP contribution in [0.2, 0.25) is 5.02 Å². The Balaban J connectivity index is 0.00000147. The van der Waals surface area contributed by atoms with Gasteiger partial charge < -0.3 is 9.84 Å². The predicted molar refractivity (Wildman–Crippen MR) is 80.2 cm³/mol. The average molecular weight is 315 g/mol. The van der Waals surface area contributed by atoms with E-state index in [9.17, 15) is 0 Å². The molecular formula is C13H16Cl2N4O. The summed E-state index contributed by atoms with van der Waals surface area (Å²) < 4.78 is 5.33. The first-order valence-corrected chi connectivity index (χ1v) is 6.62. The molecule has 0 spiro atoms. The summed E-state index contributed by atoms with van der Waals surface area (Å²) in [4.78, 5) is 6.70. The molecule has 0 amide bonds. The third-order valence-electron chi connectivity index (χ3n) is 3.32. The first-order chi connectivity index (χ1) is 9.24. The number of hydrogen-bond acceptors (Lipinski definition) is 5. The van der Waals surface area contributed by atoms with Crippen LogP contribution in [0.1, 0.15) is 11.9 Å². The summed E-state index contributed by atoms with van der Waals surface area (Å²) in [5, 5.41) is 8.08. The van der Waals surface area contributed by atoms with E-state index in [1.165, 1.54) is 0 Å². The van der Waals surface area contributed by atoms with Crippen LogP contribution in [-0.2, 0) is 0 Å². The molecule has 1 aliphatic heterocycles. The van der Waals surface area contributed by atoms with Crippen molar-refractivity contribution in [3.8, 4) is 11.5 Å². The van der Waals surface area contributed by atoms with Crippen LogP contribution >= 0.6 is 24.0 Å². The quantitative estimate of drug-likeness (QED) is 0.922. The van der Waals surface area contributed by atoms with Gasteiger partial charge in [-0.3, -0.25) is 4.90 Å². The number of benzene rings is 1. The number of aromatic nitrogens is 2. The lowest BCUT2D eigenvalue weighted by molar-refractivity contribution is 0.190. The van der Waals surface area contributed by atoms with Crippen LogP contribution in [0.5, 0.6) is 0 Å². The topological polar surface area (TPSA) is 54.2 Å². The lowest BCUT2D eigenvalue weighted by Gasteiger charge is -2.30. The fraction of sp³-hybridized carbons (Fsp3) is 0.385. The van der Waals surface area contributed by atoms with Crippen LogP contribution in [0.3, 0.4) is 0 Å². The second kappa shape index (κ2) is 6.54. The number of nitrogens with one attached hydrogen (secondary N) is 1. The van der Waals surface area contributed by atoms with Crippen molar-refractivity contribution in [1.82, 2.24) is 20.4 Å². The van der Waals surface area contributed by atoms with Gasteiger partial charge in [-0.25, -0.2) is 0 Å². The van der Waals surface area contributed by atoms with Crippen molar-refractivity contribution in [2.24, 2.45) is 0 Å². The van der Waals surface area contributed by atoms with E-state index in [1.807, 2.05) is 24.3 Å². The van der Waals surface area contributed by atoms with Gasteiger partial charge in [-0.15, -0.1) is 12.4 Å². The molecule has 1 aromatic carbocycles. The standard InChI is InChI=1S/C13H15ClN4O.ClH/c1-18-6-5-15-8-11(18)12-16-13(19-17-12)9-3-2-4-10(14)7-9;/h2-4,7,11,15H,5-6,8H2,1H3;1H. The predicted octanol–water partition coefficient (Wildman–Crippen LogP) is 2.39. The summed E-state index contributed by atoms with van der Waals surface area (Å²) in [6.45, 7) is 2.81. The fourth-order valence-corrected chi connectivity index (χ4v) is 2.39. The van der Waals surface area contributed by atoms with Crippen LogP contribution in [0, 0.1) is 0 Å². The van der Waals surface area contributed by atoms with Crippen LogP contribution in [-0.4, -0.2) is 41.7 Å². The van der Waals surface area contributed by atoms with Gasteiger partial charge in [-0.2, -0.15) is 4.98 Å². The van der Waals surface area contributed by atoms with Gasteiger partial charge in [0.05, 0.1) is 6.04 Å². The lowest BCUT2D eigenvalue weighted by atomic mass is 10.2. The molecule has 0 radical (unpaired) electrons. The molecule has 2 aromatic rings. The van der Waals surface area contributed by atoms with Crippen LogP contribution < -0.4 is 5.32 Å². The van der Waals surface area contributed by atoms with Crippen molar-refractivity contribution in [3.63, 3.8) is 0 Å². The number of halogens is 2. The molecule has 0 saturated carbocycles. The molecule has 1 aliphatic rings. The number of rotatable bonds is 2. The smallest absolute Gasteiger partial charge is 0.258 e.